The molecule has 1 unspecified atom stereocenters. The molecule has 2 aliphatic heterocycles. The number of rotatable bonds is 8. The zero-order valence-corrected chi connectivity index (χ0v) is 16.7. The largest absolute Gasteiger partial charge is 0.463 e. The first-order valence-electron chi connectivity index (χ1n) is 10.2. The van der Waals surface area contributed by atoms with E-state index in [4.69, 9.17) is 14.3 Å². The van der Waals surface area contributed by atoms with Gasteiger partial charge in [-0.05, 0) is 24.8 Å². The normalized spacial score (nSPS) is 21.1. The maximum absolute atomic E-state index is 13.2. The van der Waals surface area contributed by atoms with Crippen LogP contribution in [0.2, 0.25) is 0 Å². The zero-order valence-electron chi connectivity index (χ0n) is 16.7. The standard InChI is InChI=1S/C21H28N2O6/c1-2-3-12-29-23(17-13-19(24)27-15-17)20(25)18-10-7-11-22(18)21(26)28-14-16-8-5-4-6-9-16/h4-6,8-9,17-18H,2-3,7,10-15H2,1H3/t17-,18?/m0/s1. The van der Waals surface area contributed by atoms with Crippen LogP contribution in [0.25, 0.3) is 0 Å². The van der Waals surface area contributed by atoms with Crippen LogP contribution in [-0.4, -0.2) is 59.8 Å². The van der Waals surface area contributed by atoms with Crippen molar-refractivity contribution in [3.05, 3.63) is 35.9 Å². The first-order valence-corrected chi connectivity index (χ1v) is 10.2. The molecule has 2 amide bonds. The summed E-state index contributed by atoms with van der Waals surface area (Å²) in [7, 11) is 0. The molecule has 8 nitrogen and oxygen atoms in total. The maximum Gasteiger partial charge on any atom is 0.410 e. The van der Waals surface area contributed by atoms with E-state index < -0.39 is 18.2 Å². The lowest BCUT2D eigenvalue weighted by atomic mass is 10.1. The number of esters is 1. The lowest BCUT2D eigenvalue weighted by Crippen LogP contribution is -2.51. The third-order valence-electron chi connectivity index (χ3n) is 5.09. The van der Waals surface area contributed by atoms with Gasteiger partial charge in [-0.25, -0.2) is 9.86 Å². The Kier molecular flexibility index (Phi) is 7.46. The molecule has 0 radical (unpaired) electrons. The fraction of sp³-hybridized carbons (Fsp3) is 0.571. The molecular weight excluding hydrogens is 376 g/mol. The fourth-order valence-electron chi connectivity index (χ4n) is 3.50. The van der Waals surface area contributed by atoms with E-state index in [2.05, 4.69) is 0 Å². The van der Waals surface area contributed by atoms with Gasteiger partial charge in [0.15, 0.2) is 0 Å². The minimum absolute atomic E-state index is 0.100. The predicted octanol–water partition coefficient (Wildman–Crippen LogP) is 2.66. The van der Waals surface area contributed by atoms with Gasteiger partial charge in [0.2, 0.25) is 0 Å². The molecule has 0 N–H and O–H groups in total. The molecule has 29 heavy (non-hydrogen) atoms. The Balaban J connectivity index is 1.63. The van der Waals surface area contributed by atoms with E-state index in [0.717, 1.165) is 18.4 Å². The van der Waals surface area contributed by atoms with Crippen LogP contribution >= 0.6 is 0 Å². The van der Waals surface area contributed by atoms with Crippen LogP contribution in [0.15, 0.2) is 30.3 Å². The third-order valence-corrected chi connectivity index (χ3v) is 5.09. The van der Waals surface area contributed by atoms with Crippen molar-refractivity contribution in [2.75, 3.05) is 19.8 Å². The summed E-state index contributed by atoms with van der Waals surface area (Å²) >= 11 is 0. The number of unbranched alkanes of at least 4 members (excludes halogenated alkanes) is 1. The van der Waals surface area contributed by atoms with Gasteiger partial charge in [0.1, 0.15) is 25.3 Å². The summed E-state index contributed by atoms with van der Waals surface area (Å²) in [6.07, 6.45) is 2.54. The van der Waals surface area contributed by atoms with Crippen LogP contribution < -0.4 is 0 Å². The van der Waals surface area contributed by atoms with Gasteiger partial charge in [-0.15, -0.1) is 0 Å². The minimum atomic E-state index is -0.657. The number of cyclic esters (lactones) is 1. The smallest absolute Gasteiger partial charge is 0.410 e. The van der Waals surface area contributed by atoms with Gasteiger partial charge >= 0.3 is 12.1 Å². The van der Waals surface area contributed by atoms with Crippen LogP contribution in [0, 0.1) is 0 Å². The van der Waals surface area contributed by atoms with E-state index in [1.807, 2.05) is 37.3 Å². The number of amides is 2. The lowest BCUT2D eigenvalue weighted by Gasteiger charge is -2.31. The van der Waals surface area contributed by atoms with Crippen molar-refractivity contribution in [3.8, 4) is 0 Å². The van der Waals surface area contributed by atoms with Gasteiger partial charge in [-0.3, -0.25) is 19.3 Å². The quantitative estimate of drug-likeness (QED) is 0.376. The predicted molar refractivity (Wildman–Crippen MR) is 103 cm³/mol. The molecule has 1 aromatic carbocycles. The number of hydrogen-bond donors (Lipinski definition) is 0. The SMILES string of the molecule is CCCCON(C(=O)C1CCCN1C(=O)OCc1ccccc1)[C@@H]1COC(=O)C1. The summed E-state index contributed by atoms with van der Waals surface area (Å²) in [5, 5.41) is 1.26. The Bertz CT molecular complexity index is 710. The molecule has 2 heterocycles. The number of carbonyl (C=O) groups excluding carboxylic acids is 3. The zero-order chi connectivity index (χ0) is 20.6. The van der Waals surface area contributed by atoms with Gasteiger partial charge in [0.25, 0.3) is 5.91 Å². The Hall–Kier alpha value is -2.61. The van der Waals surface area contributed by atoms with Crippen LogP contribution in [0.1, 0.15) is 44.6 Å². The van der Waals surface area contributed by atoms with Crippen molar-refractivity contribution in [3.63, 3.8) is 0 Å². The minimum Gasteiger partial charge on any atom is -0.463 e. The van der Waals surface area contributed by atoms with E-state index in [-0.39, 0.29) is 31.5 Å². The summed E-state index contributed by atoms with van der Waals surface area (Å²) in [6.45, 7) is 3.12. The molecule has 2 atom stereocenters. The van der Waals surface area contributed by atoms with E-state index in [1.54, 1.807) is 0 Å². The highest BCUT2D eigenvalue weighted by Crippen LogP contribution is 2.24. The Morgan fingerprint density at radius 2 is 2.07 bits per heavy atom. The second-order valence-electron chi connectivity index (χ2n) is 7.28. The average molecular weight is 404 g/mol. The molecule has 2 saturated heterocycles. The van der Waals surface area contributed by atoms with Gasteiger partial charge in [0, 0.05) is 6.54 Å². The molecule has 3 rings (SSSR count). The average Bonchev–Trinajstić information content (AvgIpc) is 3.39. The number of hydrogen-bond acceptors (Lipinski definition) is 6. The third kappa shape index (κ3) is 5.47. The lowest BCUT2D eigenvalue weighted by molar-refractivity contribution is -0.204. The first-order chi connectivity index (χ1) is 14.1. The highest BCUT2D eigenvalue weighted by molar-refractivity contribution is 5.86. The van der Waals surface area contributed by atoms with Crippen LogP contribution in [0.3, 0.4) is 0 Å². The Morgan fingerprint density at radius 1 is 1.28 bits per heavy atom. The maximum atomic E-state index is 13.2. The highest BCUT2D eigenvalue weighted by atomic mass is 16.7. The molecular formula is C21H28N2O6. The summed E-state index contributed by atoms with van der Waals surface area (Å²) in [5.74, 6) is -0.670. The molecule has 0 bridgehead atoms. The number of ether oxygens (including phenoxy) is 2. The van der Waals surface area contributed by atoms with Gasteiger partial charge < -0.3 is 9.47 Å². The number of nitrogens with zero attached hydrogens (tertiary/aromatic N) is 2. The Labute approximate surface area is 170 Å². The molecule has 0 saturated carbocycles. The Morgan fingerprint density at radius 3 is 2.76 bits per heavy atom. The molecule has 2 fully saturated rings. The molecule has 0 aromatic heterocycles. The van der Waals surface area contributed by atoms with Crippen LogP contribution in [0.4, 0.5) is 4.79 Å². The van der Waals surface area contributed by atoms with Crippen molar-refractivity contribution >= 4 is 18.0 Å². The molecule has 2 aliphatic rings. The summed E-state index contributed by atoms with van der Waals surface area (Å²) in [6, 6.07) is 8.28. The van der Waals surface area contributed by atoms with Crippen molar-refractivity contribution in [2.45, 2.75) is 57.7 Å². The van der Waals surface area contributed by atoms with E-state index in [1.165, 1.54) is 9.96 Å². The van der Waals surface area contributed by atoms with E-state index in [9.17, 15) is 14.4 Å². The molecule has 0 spiro atoms. The second-order valence-corrected chi connectivity index (χ2v) is 7.28. The topological polar surface area (TPSA) is 85.4 Å². The van der Waals surface area contributed by atoms with Gasteiger partial charge in [0.05, 0.1) is 13.0 Å². The fourth-order valence-corrected chi connectivity index (χ4v) is 3.50. The molecule has 0 aliphatic carbocycles. The number of benzene rings is 1. The second kappa shape index (κ2) is 10.2. The monoisotopic (exact) mass is 404 g/mol. The number of hydroxylamine groups is 2. The van der Waals surface area contributed by atoms with Crippen molar-refractivity contribution in [2.24, 2.45) is 0 Å². The van der Waals surface area contributed by atoms with E-state index in [0.29, 0.717) is 26.0 Å². The number of likely N-dealkylation sites (tertiary alicyclic amines) is 1. The summed E-state index contributed by atoms with van der Waals surface area (Å²) in [4.78, 5) is 44.5. The molecule has 158 valence electrons. The van der Waals surface area contributed by atoms with Crippen LogP contribution in [0.5, 0.6) is 0 Å². The van der Waals surface area contributed by atoms with Gasteiger partial charge in [-0.1, -0.05) is 43.7 Å². The first kappa shape index (κ1) is 21.1. The molecule has 1 aromatic rings. The molecule has 8 heteroatoms. The summed E-state index contributed by atoms with van der Waals surface area (Å²) < 4.78 is 10.4. The van der Waals surface area contributed by atoms with Gasteiger partial charge in [-0.2, -0.15) is 0 Å². The number of carbonyl (C=O) groups is 3. The van der Waals surface area contributed by atoms with E-state index >= 15 is 0 Å². The van der Waals surface area contributed by atoms with Crippen molar-refractivity contribution < 1.29 is 28.7 Å². The summed E-state index contributed by atoms with van der Waals surface area (Å²) in [5.41, 5.74) is 0.883. The highest BCUT2D eigenvalue weighted by Gasteiger charge is 2.42. The van der Waals surface area contributed by atoms with Crippen molar-refractivity contribution in [1.82, 2.24) is 9.96 Å². The van der Waals surface area contributed by atoms with Crippen LogP contribution in [-0.2, 0) is 30.5 Å². The van der Waals surface area contributed by atoms with Crippen molar-refractivity contribution in [1.29, 1.82) is 0 Å².